The number of carboxylic acid groups (broad SMARTS) is 1. The van der Waals surface area contributed by atoms with Gasteiger partial charge in [0, 0.05) is 35.7 Å². The molecule has 0 aliphatic carbocycles. The third-order valence-corrected chi connectivity index (χ3v) is 6.52. The fourth-order valence-electron chi connectivity index (χ4n) is 4.49. The van der Waals surface area contributed by atoms with Crippen molar-refractivity contribution in [2.75, 3.05) is 58.7 Å². The van der Waals surface area contributed by atoms with Gasteiger partial charge in [0.2, 0.25) is 11.4 Å². The molecule has 0 saturated carbocycles. The van der Waals surface area contributed by atoms with Crippen molar-refractivity contribution < 1.29 is 38.7 Å². The molecule has 0 fully saturated rings. The Morgan fingerprint density at radius 3 is 2.43 bits per heavy atom. The van der Waals surface area contributed by atoms with E-state index in [-0.39, 0.29) is 68.3 Å². The Morgan fingerprint density at radius 2 is 1.76 bits per heavy atom. The van der Waals surface area contributed by atoms with Crippen molar-refractivity contribution >= 4 is 41.2 Å². The number of carbonyl (C=O) groups is 1. The molecule has 4 rings (SSSR count). The number of anilines is 2. The van der Waals surface area contributed by atoms with E-state index in [1.165, 1.54) is 20.4 Å². The molecule has 15 heteroatoms. The normalized spacial score (nSPS) is 10.5. The summed E-state index contributed by atoms with van der Waals surface area (Å²) in [6.07, 6.45) is 1.68. The number of aliphatic hydroxyl groups excluding tert-OH is 1. The number of rotatable bonds is 13. The SMILES string of the molecule is COc1cc(Cc2cnc(N)nc2N)cc(C#Cc2ccc3c(=O)c(OC(=O)O)cn(CCOCCOCCO)c3c2)c1OC.Cl. The lowest BCUT2D eigenvalue weighted by molar-refractivity contribution is 0.0311. The van der Waals surface area contributed by atoms with Gasteiger partial charge in [-0.1, -0.05) is 11.8 Å². The lowest BCUT2D eigenvalue weighted by Crippen LogP contribution is -2.18. The fraction of sp³-hybridized carbons (Fsp3) is 0.290. The average Bonchev–Trinajstić information content (AvgIpc) is 3.02. The van der Waals surface area contributed by atoms with Crippen LogP contribution in [0.4, 0.5) is 16.6 Å². The summed E-state index contributed by atoms with van der Waals surface area (Å²) in [7, 11) is 3.04. The monoisotopic (exact) mass is 655 g/mol. The van der Waals surface area contributed by atoms with Crippen LogP contribution in [0.25, 0.3) is 10.9 Å². The summed E-state index contributed by atoms with van der Waals surface area (Å²) in [5, 5.41) is 18.2. The van der Waals surface area contributed by atoms with Crippen LogP contribution in [-0.2, 0) is 22.4 Å². The third-order valence-electron chi connectivity index (χ3n) is 6.52. The number of benzene rings is 2. The smallest absolute Gasteiger partial charge is 0.493 e. The van der Waals surface area contributed by atoms with Crippen molar-refractivity contribution in [3.63, 3.8) is 0 Å². The van der Waals surface area contributed by atoms with Crippen molar-refractivity contribution in [3.05, 3.63) is 75.2 Å². The zero-order chi connectivity index (χ0) is 32.3. The van der Waals surface area contributed by atoms with Crippen molar-refractivity contribution in [3.8, 4) is 29.1 Å². The van der Waals surface area contributed by atoms with Gasteiger partial charge in [-0.15, -0.1) is 12.4 Å². The maximum absolute atomic E-state index is 13.0. The molecular weight excluding hydrogens is 622 g/mol. The first-order valence-corrected chi connectivity index (χ1v) is 13.7. The molecule has 46 heavy (non-hydrogen) atoms. The van der Waals surface area contributed by atoms with Crippen molar-refractivity contribution in [1.29, 1.82) is 0 Å². The number of nitrogen functional groups attached to an aromatic ring is 2. The van der Waals surface area contributed by atoms with Crippen molar-refractivity contribution in [2.24, 2.45) is 0 Å². The highest BCUT2D eigenvalue weighted by atomic mass is 35.5. The Bertz CT molecular complexity index is 1800. The molecule has 0 spiro atoms. The molecule has 0 aliphatic rings. The number of aromatic nitrogens is 3. The third kappa shape index (κ3) is 8.99. The van der Waals surface area contributed by atoms with E-state index in [1.54, 1.807) is 29.0 Å². The first kappa shape index (κ1) is 35.4. The predicted molar refractivity (Wildman–Crippen MR) is 172 cm³/mol. The van der Waals surface area contributed by atoms with Crippen LogP contribution in [0.15, 0.2) is 47.5 Å². The predicted octanol–water partition coefficient (Wildman–Crippen LogP) is 2.47. The van der Waals surface area contributed by atoms with Gasteiger partial charge in [-0.25, -0.2) is 9.78 Å². The second-order valence-corrected chi connectivity index (χ2v) is 9.51. The largest absolute Gasteiger partial charge is 0.511 e. The Balaban J connectivity index is 0.00000576. The van der Waals surface area contributed by atoms with E-state index in [2.05, 4.69) is 21.8 Å². The van der Waals surface area contributed by atoms with E-state index in [9.17, 15) is 9.59 Å². The van der Waals surface area contributed by atoms with E-state index >= 15 is 0 Å². The number of hydrogen-bond donors (Lipinski definition) is 4. The van der Waals surface area contributed by atoms with Crippen LogP contribution in [0.1, 0.15) is 22.3 Å². The van der Waals surface area contributed by atoms with Crippen LogP contribution in [0.2, 0.25) is 0 Å². The Kier molecular flexibility index (Phi) is 13.0. The summed E-state index contributed by atoms with van der Waals surface area (Å²) >= 11 is 0. The summed E-state index contributed by atoms with van der Waals surface area (Å²) in [4.78, 5) is 32.3. The first-order chi connectivity index (χ1) is 21.7. The van der Waals surface area contributed by atoms with Crippen molar-refractivity contribution in [2.45, 2.75) is 13.0 Å². The molecule has 244 valence electrons. The molecule has 2 aromatic carbocycles. The minimum Gasteiger partial charge on any atom is -0.493 e. The summed E-state index contributed by atoms with van der Waals surface area (Å²) in [6.45, 7) is 1.22. The van der Waals surface area contributed by atoms with Crippen LogP contribution in [0, 0.1) is 11.8 Å². The number of nitrogens with two attached hydrogens (primary N) is 2. The lowest BCUT2D eigenvalue weighted by Gasteiger charge is -2.14. The Hall–Kier alpha value is -5.07. The molecule has 4 aromatic rings. The molecule has 0 saturated heterocycles. The molecular formula is C31H34ClN5O9. The topological polar surface area (TPSA) is 203 Å². The maximum atomic E-state index is 13.0. The van der Waals surface area contributed by atoms with Gasteiger partial charge < -0.3 is 49.9 Å². The number of methoxy groups -OCH3 is 2. The van der Waals surface area contributed by atoms with E-state index in [0.29, 0.717) is 46.7 Å². The average molecular weight is 656 g/mol. The molecule has 2 heterocycles. The minimum atomic E-state index is -1.60. The number of aliphatic hydroxyl groups is 1. The Labute approximate surface area is 270 Å². The standard InChI is InChI=1S/C31H33N5O9.ClH/c1-41-25-16-20(14-22-17-34-30(33)35-29(22)32)13-21(28(25)42-2)5-3-19-4-6-23-24(15-19)36(7-9-43-11-12-44-10-8-37)18-26(27(23)38)45-31(39)40;/h4,6,13,15-18,37H,7-12,14H2,1-2H3,(H,39,40)(H4,32,33,34,35);1H. The second-order valence-electron chi connectivity index (χ2n) is 9.51. The van der Waals surface area contributed by atoms with Crippen LogP contribution in [0.5, 0.6) is 17.2 Å². The molecule has 0 aliphatic heterocycles. The second kappa shape index (κ2) is 16.8. The number of ether oxygens (including phenoxy) is 5. The molecule has 14 nitrogen and oxygen atoms in total. The molecule has 0 amide bonds. The zero-order valence-corrected chi connectivity index (χ0v) is 26.0. The lowest BCUT2D eigenvalue weighted by atomic mass is 10.0. The fourth-order valence-corrected chi connectivity index (χ4v) is 4.49. The quantitative estimate of drug-likeness (QED) is 0.0930. The van der Waals surface area contributed by atoms with E-state index in [0.717, 1.165) is 5.56 Å². The number of pyridine rings is 1. The molecule has 0 radical (unpaired) electrons. The molecule has 2 aromatic heterocycles. The summed E-state index contributed by atoms with van der Waals surface area (Å²) in [6, 6.07) is 8.60. The van der Waals surface area contributed by atoms with Gasteiger partial charge in [0.15, 0.2) is 17.2 Å². The number of nitrogens with zero attached hydrogens (tertiary/aromatic N) is 3. The van der Waals surface area contributed by atoms with E-state index in [4.69, 9.17) is 45.4 Å². The molecule has 0 unspecified atom stereocenters. The molecule has 0 atom stereocenters. The van der Waals surface area contributed by atoms with Gasteiger partial charge >= 0.3 is 6.16 Å². The highest BCUT2D eigenvalue weighted by molar-refractivity contribution is 5.85. The summed E-state index contributed by atoms with van der Waals surface area (Å²) < 4.78 is 28.3. The first-order valence-electron chi connectivity index (χ1n) is 13.7. The minimum absolute atomic E-state index is 0. The van der Waals surface area contributed by atoms with E-state index < -0.39 is 11.6 Å². The Morgan fingerprint density at radius 1 is 1.00 bits per heavy atom. The highest BCUT2D eigenvalue weighted by Gasteiger charge is 2.15. The van der Waals surface area contributed by atoms with Gasteiger partial charge in [-0.3, -0.25) is 4.79 Å². The van der Waals surface area contributed by atoms with Crippen LogP contribution < -0.4 is 31.1 Å². The van der Waals surface area contributed by atoms with Gasteiger partial charge in [0.1, 0.15) is 5.82 Å². The van der Waals surface area contributed by atoms with Crippen molar-refractivity contribution in [1.82, 2.24) is 14.5 Å². The van der Waals surface area contributed by atoms with Crippen LogP contribution in [-0.4, -0.2) is 78.2 Å². The van der Waals surface area contributed by atoms with E-state index in [1.807, 2.05) is 12.1 Å². The number of fused-ring (bicyclic) bond motifs is 1. The highest BCUT2D eigenvalue weighted by Crippen LogP contribution is 2.33. The number of halogens is 1. The maximum Gasteiger partial charge on any atom is 0.511 e. The van der Waals surface area contributed by atoms with Gasteiger partial charge in [0.05, 0.1) is 64.5 Å². The van der Waals surface area contributed by atoms with Gasteiger partial charge in [-0.2, -0.15) is 4.98 Å². The van der Waals surface area contributed by atoms with Crippen LogP contribution >= 0.6 is 12.4 Å². The van der Waals surface area contributed by atoms with Crippen LogP contribution in [0.3, 0.4) is 0 Å². The molecule has 0 bridgehead atoms. The zero-order valence-electron chi connectivity index (χ0n) is 25.1. The number of hydrogen-bond acceptors (Lipinski definition) is 12. The summed E-state index contributed by atoms with van der Waals surface area (Å²) in [5.41, 5.74) is 14.2. The molecule has 6 N–H and O–H groups in total. The van der Waals surface area contributed by atoms with Gasteiger partial charge in [-0.05, 0) is 35.9 Å². The van der Waals surface area contributed by atoms with Gasteiger partial charge in [0.25, 0.3) is 0 Å². The summed E-state index contributed by atoms with van der Waals surface area (Å²) in [5.74, 6) is 7.17.